The highest BCUT2D eigenvalue weighted by molar-refractivity contribution is 5.97. The largest absolute Gasteiger partial charge is 0.469 e. The summed E-state index contributed by atoms with van der Waals surface area (Å²) in [5.41, 5.74) is 6.32. The molecule has 2 heterocycles. The smallest absolute Gasteiger partial charge is 0.272 e. The number of nitrogens with two attached hydrogens (primary N) is 1. The van der Waals surface area contributed by atoms with E-state index in [-0.39, 0.29) is 17.6 Å². The van der Waals surface area contributed by atoms with Crippen molar-refractivity contribution in [1.82, 2.24) is 10.3 Å². The van der Waals surface area contributed by atoms with E-state index in [9.17, 15) is 4.79 Å². The topological polar surface area (TPSA) is 81.2 Å². The van der Waals surface area contributed by atoms with E-state index in [1.165, 1.54) is 0 Å². The van der Waals surface area contributed by atoms with Crippen molar-refractivity contribution in [2.24, 2.45) is 0 Å². The Morgan fingerprint density at radius 1 is 1.50 bits per heavy atom. The first-order valence-electron chi connectivity index (χ1n) is 5.70. The molecule has 0 saturated heterocycles. The van der Waals surface area contributed by atoms with Crippen molar-refractivity contribution >= 4 is 11.6 Å². The zero-order valence-corrected chi connectivity index (χ0v) is 10.1. The van der Waals surface area contributed by atoms with E-state index >= 15 is 0 Å². The number of pyridine rings is 1. The van der Waals surface area contributed by atoms with E-state index in [1.54, 1.807) is 24.6 Å². The first-order valence-corrected chi connectivity index (χ1v) is 5.70. The van der Waals surface area contributed by atoms with Crippen molar-refractivity contribution in [1.29, 1.82) is 0 Å². The number of aromatic nitrogens is 1. The number of nitrogens with one attached hydrogen (secondary N) is 1. The average molecular weight is 245 g/mol. The summed E-state index contributed by atoms with van der Waals surface area (Å²) in [5.74, 6) is 0.559. The molecule has 5 heteroatoms. The standard InChI is InChI=1S/C13H15N3O2/c1-9(8-10-4-3-7-18-10)16-13(17)12-11(14)5-2-6-15-12/h2-7,9H,8,14H2,1H3,(H,16,17). The molecule has 1 atom stereocenters. The maximum absolute atomic E-state index is 11.9. The fourth-order valence-corrected chi connectivity index (χ4v) is 1.68. The number of hydrogen-bond donors (Lipinski definition) is 2. The van der Waals surface area contributed by atoms with Crippen molar-refractivity contribution in [3.8, 4) is 0 Å². The molecule has 94 valence electrons. The molecule has 2 aromatic rings. The van der Waals surface area contributed by atoms with Crippen LogP contribution in [-0.4, -0.2) is 16.9 Å². The minimum absolute atomic E-state index is 0.0509. The number of carbonyl (C=O) groups is 1. The van der Waals surface area contributed by atoms with Crippen LogP contribution in [0.1, 0.15) is 23.2 Å². The second-order valence-electron chi connectivity index (χ2n) is 4.10. The fraction of sp³-hybridized carbons (Fsp3) is 0.231. The molecule has 0 fully saturated rings. The van der Waals surface area contributed by atoms with E-state index in [1.807, 2.05) is 19.1 Å². The van der Waals surface area contributed by atoms with Gasteiger partial charge in [-0.1, -0.05) is 0 Å². The Kier molecular flexibility index (Phi) is 3.62. The zero-order chi connectivity index (χ0) is 13.0. The van der Waals surface area contributed by atoms with Crippen LogP contribution >= 0.6 is 0 Å². The van der Waals surface area contributed by atoms with Gasteiger partial charge in [0, 0.05) is 18.7 Å². The molecule has 0 aliphatic carbocycles. The van der Waals surface area contributed by atoms with Gasteiger partial charge in [0.05, 0.1) is 12.0 Å². The molecule has 0 radical (unpaired) electrons. The Morgan fingerprint density at radius 2 is 2.33 bits per heavy atom. The summed E-state index contributed by atoms with van der Waals surface area (Å²) in [5, 5.41) is 2.83. The summed E-state index contributed by atoms with van der Waals surface area (Å²) >= 11 is 0. The van der Waals surface area contributed by atoms with Crippen molar-refractivity contribution < 1.29 is 9.21 Å². The quantitative estimate of drug-likeness (QED) is 0.857. The lowest BCUT2D eigenvalue weighted by molar-refractivity contribution is 0.0935. The van der Waals surface area contributed by atoms with Crippen LogP contribution in [-0.2, 0) is 6.42 Å². The van der Waals surface area contributed by atoms with Gasteiger partial charge in [-0.05, 0) is 31.2 Å². The number of carbonyl (C=O) groups excluding carboxylic acids is 1. The first-order chi connectivity index (χ1) is 8.66. The van der Waals surface area contributed by atoms with E-state index in [0.717, 1.165) is 5.76 Å². The van der Waals surface area contributed by atoms with Crippen molar-refractivity contribution in [3.05, 3.63) is 48.2 Å². The maximum atomic E-state index is 11.9. The third-order valence-electron chi connectivity index (χ3n) is 2.52. The number of anilines is 1. The van der Waals surface area contributed by atoms with Gasteiger partial charge >= 0.3 is 0 Å². The van der Waals surface area contributed by atoms with Gasteiger partial charge in [0.2, 0.25) is 0 Å². The highest BCUT2D eigenvalue weighted by atomic mass is 16.3. The summed E-state index contributed by atoms with van der Waals surface area (Å²) in [6.45, 7) is 1.90. The van der Waals surface area contributed by atoms with Crippen LogP contribution < -0.4 is 11.1 Å². The molecule has 2 rings (SSSR count). The van der Waals surface area contributed by atoms with Crippen LogP contribution in [0, 0.1) is 0 Å². The van der Waals surface area contributed by atoms with E-state index in [2.05, 4.69) is 10.3 Å². The second kappa shape index (κ2) is 5.35. The predicted molar refractivity (Wildman–Crippen MR) is 68.0 cm³/mol. The van der Waals surface area contributed by atoms with Crippen molar-refractivity contribution in [2.45, 2.75) is 19.4 Å². The predicted octanol–water partition coefficient (Wildman–Crippen LogP) is 1.62. The normalized spacial score (nSPS) is 12.1. The summed E-state index contributed by atoms with van der Waals surface area (Å²) in [6.07, 6.45) is 3.79. The number of furan rings is 1. The van der Waals surface area contributed by atoms with Crippen LogP contribution in [0.5, 0.6) is 0 Å². The van der Waals surface area contributed by atoms with E-state index in [0.29, 0.717) is 12.1 Å². The van der Waals surface area contributed by atoms with Crippen molar-refractivity contribution in [2.75, 3.05) is 5.73 Å². The van der Waals surface area contributed by atoms with Gasteiger partial charge in [0.15, 0.2) is 5.69 Å². The molecule has 18 heavy (non-hydrogen) atoms. The number of hydrogen-bond acceptors (Lipinski definition) is 4. The number of rotatable bonds is 4. The molecule has 0 bridgehead atoms. The SMILES string of the molecule is CC(Cc1ccco1)NC(=O)c1ncccc1N. The molecule has 0 spiro atoms. The molecule has 0 aliphatic heterocycles. The highest BCUT2D eigenvalue weighted by Crippen LogP contribution is 2.08. The van der Waals surface area contributed by atoms with Crippen LogP contribution in [0.25, 0.3) is 0 Å². The van der Waals surface area contributed by atoms with Crippen LogP contribution in [0.15, 0.2) is 41.1 Å². The van der Waals surface area contributed by atoms with Crippen LogP contribution in [0.3, 0.4) is 0 Å². The maximum Gasteiger partial charge on any atom is 0.272 e. The molecule has 3 N–H and O–H groups in total. The third-order valence-corrected chi connectivity index (χ3v) is 2.52. The third kappa shape index (κ3) is 2.88. The Balaban J connectivity index is 1.97. The summed E-state index contributed by atoms with van der Waals surface area (Å²) in [7, 11) is 0. The van der Waals surface area contributed by atoms with E-state index < -0.39 is 0 Å². The Labute approximate surface area is 105 Å². The lowest BCUT2D eigenvalue weighted by Crippen LogP contribution is -2.34. The molecule has 1 unspecified atom stereocenters. The summed E-state index contributed by atoms with van der Waals surface area (Å²) in [6, 6.07) is 6.99. The Morgan fingerprint density at radius 3 is 3.00 bits per heavy atom. The van der Waals surface area contributed by atoms with Gasteiger partial charge in [0.25, 0.3) is 5.91 Å². The molecule has 0 aliphatic rings. The average Bonchev–Trinajstić information content (AvgIpc) is 2.82. The van der Waals surface area contributed by atoms with E-state index in [4.69, 9.17) is 10.2 Å². The number of amides is 1. The molecule has 0 saturated carbocycles. The molecular formula is C13H15N3O2. The van der Waals surface area contributed by atoms with Gasteiger partial charge in [-0.25, -0.2) is 4.98 Å². The Hall–Kier alpha value is -2.30. The minimum Gasteiger partial charge on any atom is -0.469 e. The van der Waals surface area contributed by atoms with Crippen molar-refractivity contribution in [3.63, 3.8) is 0 Å². The second-order valence-corrected chi connectivity index (χ2v) is 4.10. The van der Waals surface area contributed by atoms with Gasteiger partial charge in [-0.15, -0.1) is 0 Å². The van der Waals surface area contributed by atoms with Gasteiger partial charge < -0.3 is 15.5 Å². The molecule has 0 aromatic carbocycles. The van der Waals surface area contributed by atoms with Crippen LogP contribution in [0.4, 0.5) is 5.69 Å². The lowest BCUT2D eigenvalue weighted by atomic mass is 10.2. The monoisotopic (exact) mass is 245 g/mol. The minimum atomic E-state index is -0.271. The van der Waals surface area contributed by atoms with Gasteiger partial charge in [0.1, 0.15) is 5.76 Å². The first kappa shape index (κ1) is 12.2. The fourth-order valence-electron chi connectivity index (χ4n) is 1.68. The molecule has 5 nitrogen and oxygen atoms in total. The number of nitrogens with zero attached hydrogens (tertiary/aromatic N) is 1. The summed E-state index contributed by atoms with van der Waals surface area (Å²) < 4.78 is 5.22. The number of nitrogen functional groups attached to an aromatic ring is 1. The zero-order valence-electron chi connectivity index (χ0n) is 10.1. The molecule has 1 amide bonds. The highest BCUT2D eigenvalue weighted by Gasteiger charge is 2.14. The lowest BCUT2D eigenvalue weighted by Gasteiger charge is -2.12. The van der Waals surface area contributed by atoms with Gasteiger partial charge in [-0.3, -0.25) is 4.79 Å². The molecular weight excluding hydrogens is 230 g/mol. The molecule has 2 aromatic heterocycles. The van der Waals surface area contributed by atoms with Crippen LogP contribution in [0.2, 0.25) is 0 Å². The Bertz CT molecular complexity index is 523. The summed E-state index contributed by atoms with van der Waals surface area (Å²) in [4.78, 5) is 15.9. The van der Waals surface area contributed by atoms with Gasteiger partial charge in [-0.2, -0.15) is 0 Å².